The fourth-order valence-corrected chi connectivity index (χ4v) is 3.86. The number of fused-ring (bicyclic) bond motifs is 1. The third-order valence-electron chi connectivity index (χ3n) is 5.22. The molecule has 0 aliphatic rings. The first-order valence-electron chi connectivity index (χ1n) is 9.60. The van der Waals surface area contributed by atoms with Crippen LogP contribution < -0.4 is 10.9 Å². The van der Waals surface area contributed by atoms with Crippen molar-refractivity contribution in [1.29, 1.82) is 0 Å². The maximum absolute atomic E-state index is 13.1. The molecule has 0 saturated carbocycles. The Morgan fingerprint density at radius 2 is 1.83 bits per heavy atom. The summed E-state index contributed by atoms with van der Waals surface area (Å²) in [5.41, 5.74) is 3.02. The van der Waals surface area contributed by atoms with Crippen molar-refractivity contribution in [3.63, 3.8) is 0 Å². The van der Waals surface area contributed by atoms with E-state index in [9.17, 15) is 9.59 Å². The predicted molar refractivity (Wildman–Crippen MR) is 118 cm³/mol. The second-order valence-corrected chi connectivity index (χ2v) is 7.59. The number of aromatic nitrogens is 3. The smallest absolute Gasteiger partial charge is 0.281 e. The van der Waals surface area contributed by atoms with Gasteiger partial charge in [0.1, 0.15) is 6.54 Å². The molecule has 0 aliphatic carbocycles. The van der Waals surface area contributed by atoms with Crippen LogP contribution in [0.5, 0.6) is 0 Å². The molecule has 0 aliphatic heterocycles. The number of hydrogen-bond donors (Lipinski definition) is 1. The molecular weight excluding hydrogens is 400 g/mol. The van der Waals surface area contributed by atoms with E-state index < -0.39 is 0 Å². The van der Waals surface area contributed by atoms with Crippen LogP contribution in [0.2, 0.25) is 5.02 Å². The van der Waals surface area contributed by atoms with Crippen LogP contribution in [0, 0.1) is 13.8 Å². The van der Waals surface area contributed by atoms with Crippen LogP contribution in [0.3, 0.4) is 0 Å². The summed E-state index contributed by atoms with van der Waals surface area (Å²) in [6, 6.07) is 16.7. The van der Waals surface area contributed by atoms with E-state index in [0.29, 0.717) is 22.6 Å². The second kappa shape index (κ2) is 8.16. The van der Waals surface area contributed by atoms with Crippen molar-refractivity contribution in [2.24, 2.45) is 0 Å². The summed E-state index contributed by atoms with van der Waals surface area (Å²) in [6.07, 6.45) is 1.69. The van der Waals surface area contributed by atoms with Gasteiger partial charge in [0, 0.05) is 28.3 Å². The van der Waals surface area contributed by atoms with Gasteiger partial charge in [0.05, 0.1) is 17.3 Å². The lowest BCUT2D eigenvalue weighted by molar-refractivity contribution is -0.121. The molecule has 1 amide bonds. The lowest BCUT2D eigenvalue weighted by atomic mass is 10.2. The monoisotopic (exact) mass is 420 g/mol. The number of amides is 1. The van der Waals surface area contributed by atoms with Crippen LogP contribution >= 0.6 is 11.6 Å². The quantitative estimate of drug-likeness (QED) is 0.534. The van der Waals surface area contributed by atoms with Crippen molar-refractivity contribution in [3.8, 4) is 5.69 Å². The summed E-state index contributed by atoms with van der Waals surface area (Å²) >= 11 is 5.99. The zero-order chi connectivity index (χ0) is 21.3. The molecule has 0 spiro atoms. The summed E-state index contributed by atoms with van der Waals surface area (Å²) in [5.74, 6) is -0.141. The molecule has 1 N–H and O–H groups in total. The van der Waals surface area contributed by atoms with Crippen molar-refractivity contribution in [2.75, 3.05) is 0 Å². The summed E-state index contributed by atoms with van der Waals surface area (Å²) in [4.78, 5) is 25.7. The number of carbonyl (C=O) groups excluding carboxylic acids is 1. The van der Waals surface area contributed by atoms with Crippen LogP contribution in [0.1, 0.15) is 17.0 Å². The highest BCUT2D eigenvalue weighted by molar-refractivity contribution is 6.30. The van der Waals surface area contributed by atoms with Gasteiger partial charge in [-0.1, -0.05) is 41.9 Å². The first-order valence-corrected chi connectivity index (χ1v) is 9.98. The minimum Gasteiger partial charge on any atom is -0.350 e. The van der Waals surface area contributed by atoms with Gasteiger partial charge in [-0.15, -0.1) is 0 Å². The maximum atomic E-state index is 13.1. The molecule has 0 bridgehead atoms. The summed E-state index contributed by atoms with van der Waals surface area (Å²) in [6.45, 7) is 4.27. The zero-order valence-corrected chi connectivity index (χ0v) is 17.5. The first-order chi connectivity index (χ1) is 14.5. The van der Waals surface area contributed by atoms with Gasteiger partial charge in [-0.3, -0.25) is 9.59 Å². The zero-order valence-electron chi connectivity index (χ0n) is 16.7. The fraction of sp³-hybridized carbons (Fsp3) is 0.174. The van der Waals surface area contributed by atoms with Gasteiger partial charge in [-0.2, -0.15) is 9.78 Å². The van der Waals surface area contributed by atoms with E-state index in [1.54, 1.807) is 12.3 Å². The Morgan fingerprint density at radius 3 is 2.57 bits per heavy atom. The van der Waals surface area contributed by atoms with Crippen molar-refractivity contribution < 1.29 is 4.79 Å². The Bertz CT molecular complexity index is 1290. The number of nitrogens with one attached hydrogen (secondary N) is 1. The predicted octanol–water partition coefficient (Wildman–Crippen LogP) is 3.77. The Labute approximate surface area is 178 Å². The molecule has 2 aromatic carbocycles. The van der Waals surface area contributed by atoms with Crippen molar-refractivity contribution in [3.05, 3.63) is 93.1 Å². The van der Waals surface area contributed by atoms with Gasteiger partial charge in [0.15, 0.2) is 0 Å². The standard InChI is InChI=1S/C23H21ClN4O2/c1-15-20-13-26-28(19-9-4-3-5-10-19)23(30)22(20)16(2)27(15)14-21(29)25-12-17-7-6-8-18(24)11-17/h3-11,13H,12,14H2,1-2H3,(H,25,29). The highest BCUT2D eigenvalue weighted by Crippen LogP contribution is 2.22. The Kier molecular flexibility index (Phi) is 5.42. The number of rotatable bonds is 5. The molecule has 0 radical (unpaired) electrons. The second-order valence-electron chi connectivity index (χ2n) is 7.15. The molecule has 0 atom stereocenters. The van der Waals surface area contributed by atoms with Gasteiger partial charge in [-0.05, 0) is 43.7 Å². The average Bonchev–Trinajstić information content (AvgIpc) is 2.98. The number of halogens is 1. The van der Waals surface area contributed by atoms with Gasteiger partial charge >= 0.3 is 0 Å². The van der Waals surface area contributed by atoms with Crippen molar-refractivity contribution in [2.45, 2.75) is 26.9 Å². The molecule has 2 heterocycles. The van der Waals surface area contributed by atoms with E-state index in [1.165, 1.54) is 4.68 Å². The van der Waals surface area contributed by atoms with E-state index in [0.717, 1.165) is 22.3 Å². The van der Waals surface area contributed by atoms with Gasteiger partial charge in [0.2, 0.25) is 5.91 Å². The van der Waals surface area contributed by atoms with Gasteiger partial charge in [-0.25, -0.2) is 0 Å². The molecule has 0 unspecified atom stereocenters. The van der Waals surface area contributed by atoms with E-state index in [2.05, 4.69) is 10.4 Å². The van der Waals surface area contributed by atoms with E-state index in [-0.39, 0.29) is 18.0 Å². The third kappa shape index (κ3) is 3.74. The molecule has 7 heteroatoms. The number of aryl methyl sites for hydroxylation is 2. The maximum Gasteiger partial charge on any atom is 0.281 e. The van der Waals surface area contributed by atoms with Gasteiger partial charge in [0.25, 0.3) is 5.56 Å². The van der Waals surface area contributed by atoms with Crippen molar-refractivity contribution in [1.82, 2.24) is 19.7 Å². The Balaban J connectivity index is 1.62. The van der Waals surface area contributed by atoms with Crippen molar-refractivity contribution >= 4 is 28.3 Å². The lowest BCUT2D eigenvalue weighted by Gasteiger charge is -2.10. The average molecular weight is 421 g/mol. The lowest BCUT2D eigenvalue weighted by Crippen LogP contribution is -2.28. The minimum atomic E-state index is -0.197. The third-order valence-corrected chi connectivity index (χ3v) is 5.46. The molecule has 30 heavy (non-hydrogen) atoms. The normalized spacial score (nSPS) is 11.0. The van der Waals surface area contributed by atoms with E-state index in [4.69, 9.17) is 11.6 Å². The molecule has 152 valence electrons. The highest BCUT2D eigenvalue weighted by atomic mass is 35.5. The Morgan fingerprint density at radius 1 is 1.07 bits per heavy atom. The molecular formula is C23H21ClN4O2. The molecule has 0 fully saturated rings. The number of carbonyl (C=O) groups is 1. The molecule has 4 rings (SSSR count). The summed E-state index contributed by atoms with van der Waals surface area (Å²) in [5, 5.41) is 9.21. The topological polar surface area (TPSA) is 68.9 Å². The Hall–Kier alpha value is -3.38. The molecule has 2 aromatic heterocycles. The SMILES string of the molecule is Cc1c2cnn(-c3ccccc3)c(=O)c2c(C)n1CC(=O)NCc1cccc(Cl)c1. The van der Waals surface area contributed by atoms with Crippen LogP contribution in [0.25, 0.3) is 16.5 Å². The van der Waals surface area contributed by atoms with E-state index >= 15 is 0 Å². The first kappa shape index (κ1) is 19.9. The van der Waals surface area contributed by atoms with Crippen LogP contribution in [-0.2, 0) is 17.9 Å². The summed E-state index contributed by atoms with van der Waals surface area (Å²) in [7, 11) is 0. The fourth-order valence-electron chi connectivity index (χ4n) is 3.65. The van der Waals surface area contributed by atoms with E-state index in [1.807, 2.05) is 66.9 Å². The minimum absolute atomic E-state index is 0.123. The highest BCUT2D eigenvalue weighted by Gasteiger charge is 2.18. The largest absolute Gasteiger partial charge is 0.350 e. The van der Waals surface area contributed by atoms with Crippen LogP contribution in [0.15, 0.2) is 65.6 Å². The van der Waals surface area contributed by atoms with Crippen LogP contribution in [-0.4, -0.2) is 20.3 Å². The molecule has 4 aromatic rings. The van der Waals surface area contributed by atoms with Crippen LogP contribution in [0.4, 0.5) is 0 Å². The molecule has 0 saturated heterocycles. The number of benzene rings is 2. The van der Waals surface area contributed by atoms with Gasteiger partial charge < -0.3 is 9.88 Å². The number of para-hydroxylation sites is 1. The molecule has 6 nitrogen and oxygen atoms in total. The number of hydrogen-bond acceptors (Lipinski definition) is 3. The number of nitrogens with zero attached hydrogens (tertiary/aromatic N) is 3. The summed E-state index contributed by atoms with van der Waals surface area (Å²) < 4.78 is 3.24.